The second kappa shape index (κ2) is 13.3. The molecule has 0 saturated carbocycles. The highest BCUT2D eigenvalue weighted by Gasteiger charge is 2.39. The molecule has 9 nitrogen and oxygen atoms in total. The molecule has 5 atom stereocenters. The number of cyclic esters (lactones) is 1. The molecular formula is C25H35ClN2O7. The first-order valence-corrected chi connectivity index (χ1v) is 12.7. The van der Waals surface area contributed by atoms with Crippen LogP contribution >= 0.6 is 11.6 Å². The molecule has 3 N–H and O–H groups in total. The maximum absolute atomic E-state index is 12.9. The number of carbonyl (C=O) groups is 3. The zero-order valence-corrected chi connectivity index (χ0v) is 20.8. The first-order chi connectivity index (χ1) is 16.8. The molecule has 2 aliphatic heterocycles. The molecule has 1 fully saturated rings. The van der Waals surface area contributed by atoms with Gasteiger partial charge in [0.25, 0.3) is 5.91 Å². The highest BCUT2D eigenvalue weighted by molar-refractivity contribution is 6.27. The molecule has 0 aromatic rings. The molecule has 5 unspecified atom stereocenters. The second-order valence-electron chi connectivity index (χ2n) is 9.27. The fraction of sp³-hybridized carbons (Fsp3) is 0.640. The van der Waals surface area contributed by atoms with Crippen molar-refractivity contribution >= 4 is 29.3 Å². The third kappa shape index (κ3) is 7.98. The molecule has 2 heterocycles. The topological polar surface area (TPSA) is 125 Å². The molecule has 194 valence electrons. The van der Waals surface area contributed by atoms with Gasteiger partial charge in [0.05, 0.1) is 23.6 Å². The van der Waals surface area contributed by atoms with Gasteiger partial charge in [0.2, 0.25) is 0 Å². The number of esters is 1. The number of hydrogen-bond donors (Lipinski definition) is 3. The average molecular weight is 511 g/mol. The predicted octanol–water partition coefficient (Wildman–Crippen LogP) is 1.72. The van der Waals surface area contributed by atoms with Crippen LogP contribution in [-0.2, 0) is 24.0 Å². The molecule has 1 amide bonds. The number of carbonyl (C=O) groups excluding carboxylic acids is 3. The van der Waals surface area contributed by atoms with Gasteiger partial charge < -0.3 is 19.8 Å². The van der Waals surface area contributed by atoms with Crippen LogP contribution in [0.3, 0.4) is 0 Å². The second-order valence-corrected chi connectivity index (χ2v) is 9.74. The normalized spacial score (nSPS) is 31.1. The van der Waals surface area contributed by atoms with Crippen molar-refractivity contribution in [3.63, 3.8) is 0 Å². The number of aliphatic hydroxyl groups excluding tert-OH is 2. The number of halogens is 1. The van der Waals surface area contributed by atoms with E-state index in [1.54, 1.807) is 36.1 Å². The Morgan fingerprint density at radius 1 is 1.14 bits per heavy atom. The number of piperidine rings is 1. The van der Waals surface area contributed by atoms with Gasteiger partial charge in [-0.05, 0) is 44.6 Å². The molecule has 0 radical (unpaired) electrons. The number of nitrogens with zero attached hydrogens (tertiary/aromatic N) is 1. The number of hydroxylamine groups is 1. The van der Waals surface area contributed by atoms with Crippen molar-refractivity contribution in [2.24, 2.45) is 0 Å². The highest BCUT2D eigenvalue weighted by Crippen LogP contribution is 2.32. The monoisotopic (exact) mass is 510 g/mol. The third-order valence-corrected chi connectivity index (χ3v) is 6.88. The van der Waals surface area contributed by atoms with Crippen LogP contribution in [0.5, 0.6) is 0 Å². The Kier molecular flexibility index (Phi) is 10.5. The quantitative estimate of drug-likeness (QED) is 0.172. The Morgan fingerprint density at radius 3 is 2.60 bits per heavy atom. The summed E-state index contributed by atoms with van der Waals surface area (Å²) in [5.74, 6) is -1.44. The van der Waals surface area contributed by atoms with Gasteiger partial charge in [0.15, 0.2) is 5.78 Å². The van der Waals surface area contributed by atoms with Gasteiger partial charge in [-0.15, -0.1) is 11.6 Å². The van der Waals surface area contributed by atoms with Crippen molar-refractivity contribution in [1.29, 1.82) is 0 Å². The number of ether oxygens (including phenoxy) is 1. The fourth-order valence-corrected chi connectivity index (χ4v) is 4.70. The van der Waals surface area contributed by atoms with Crippen LogP contribution in [0.15, 0.2) is 35.5 Å². The van der Waals surface area contributed by atoms with Crippen molar-refractivity contribution in [2.45, 2.75) is 81.6 Å². The smallest absolute Gasteiger partial charge is 0.342 e. The minimum absolute atomic E-state index is 0.0656. The summed E-state index contributed by atoms with van der Waals surface area (Å²) in [6.45, 7) is 2.94. The third-order valence-electron chi connectivity index (χ3n) is 6.33. The van der Waals surface area contributed by atoms with Gasteiger partial charge in [0, 0.05) is 25.9 Å². The van der Waals surface area contributed by atoms with E-state index in [0.717, 1.165) is 19.3 Å². The van der Waals surface area contributed by atoms with E-state index >= 15 is 0 Å². The minimum Gasteiger partial charge on any atom is -0.459 e. The number of ketones is 1. The van der Waals surface area contributed by atoms with Crippen LogP contribution in [0.4, 0.5) is 0 Å². The number of alkyl halides is 1. The van der Waals surface area contributed by atoms with Crippen LogP contribution in [0, 0.1) is 0 Å². The molecule has 0 aromatic carbocycles. The van der Waals surface area contributed by atoms with Crippen LogP contribution < -0.4 is 5.48 Å². The van der Waals surface area contributed by atoms with Gasteiger partial charge in [-0.2, -0.15) is 5.48 Å². The van der Waals surface area contributed by atoms with E-state index in [4.69, 9.17) is 21.2 Å². The Hall–Kier alpha value is -2.04. The fourth-order valence-electron chi connectivity index (χ4n) is 4.41. The lowest BCUT2D eigenvalue weighted by molar-refractivity contribution is -0.145. The number of rotatable bonds is 4. The van der Waals surface area contributed by atoms with E-state index in [2.05, 4.69) is 5.48 Å². The van der Waals surface area contributed by atoms with Gasteiger partial charge >= 0.3 is 5.97 Å². The number of amides is 1. The first-order valence-electron chi connectivity index (χ1n) is 12.2. The molecule has 10 heteroatoms. The lowest BCUT2D eigenvalue weighted by Gasteiger charge is -2.30. The molecule has 0 bridgehead atoms. The SMILES string of the molecule is CC1CC=CC(O)CC=CC(NOCC(=O)N2CCCCC2)CC2=C(C(=O)CC(O)C2Cl)C(=O)O1. The first kappa shape index (κ1) is 27.5. The summed E-state index contributed by atoms with van der Waals surface area (Å²) in [7, 11) is 0. The van der Waals surface area contributed by atoms with Crippen LogP contribution in [0.2, 0.25) is 0 Å². The molecule has 3 aliphatic rings. The van der Waals surface area contributed by atoms with Crippen LogP contribution in [0.1, 0.15) is 51.9 Å². The Labute approximate surface area is 210 Å². The molecule has 1 aliphatic carbocycles. The number of likely N-dealkylation sites (tertiary alicyclic amines) is 1. The van der Waals surface area contributed by atoms with Gasteiger partial charge in [-0.25, -0.2) is 4.79 Å². The number of hydrogen-bond acceptors (Lipinski definition) is 8. The van der Waals surface area contributed by atoms with Gasteiger partial charge in [-0.1, -0.05) is 24.3 Å². The van der Waals surface area contributed by atoms with Gasteiger partial charge in [-0.3, -0.25) is 14.4 Å². The van der Waals surface area contributed by atoms with Crippen molar-refractivity contribution in [2.75, 3.05) is 19.7 Å². The summed E-state index contributed by atoms with van der Waals surface area (Å²) in [6, 6.07) is -0.585. The molecule has 35 heavy (non-hydrogen) atoms. The lowest BCUT2D eigenvalue weighted by Crippen LogP contribution is -2.41. The van der Waals surface area contributed by atoms with E-state index < -0.39 is 41.5 Å². The predicted molar refractivity (Wildman–Crippen MR) is 129 cm³/mol. The largest absolute Gasteiger partial charge is 0.459 e. The molecule has 0 spiro atoms. The lowest BCUT2D eigenvalue weighted by atomic mass is 9.84. The summed E-state index contributed by atoms with van der Waals surface area (Å²) < 4.78 is 5.46. The Balaban J connectivity index is 1.80. The maximum Gasteiger partial charge on any atom is 0.342 e. The molecule has 0 aromatic heterocycles. The van der Waals surface area contributed by atoms with Crippen LogP contribution in [-0.4, -0.2) is 82.2 Å². The van der Waals surface area contributed by atoms with Crippen molar-refractivity contribution in [3.8, 4) is 0 Å². The number of nitrogens with one attached hydrogen (secondary N) is 1. The summed E-state index contributed by atoms with van der Waals surface area (Å²) in [6.07, 6.45) is 7.99. The standard InChI is InChI=1S/C25H35ClN2O7/c1-16-7-5-9-18(29)10-6-8-17(27-34-15-22(32)28-11-3-2-4-12-28)13-19-23(25(33)35-16)20(30)14-21(31)24(19)26/h5-6,8-9,16-18,21,24,27,29,31H,2-4,7,10-15H2,1H3. The Morgan fingerprint density at radius 2 is 1.86 bits per heavy atom. The number of aliphatic hydroxyl groups is 2. The van der Waals surface area contributed by atoms with Gasteiger partial charge in [0.1, 0.15) is 18.3 Å². The van der Waals surface area contributed by atoms with Crippen molar-refractivity contribution < 1.29 is 34.2 Å². The van der Waals surface area contributed by atoms with E-state index in [9.17, 15) is 24.6 Å². The average Bonchev–Trinajstić information content (AvgIpc) is 2.82. The Bertz CT molecular complexity index is 866. The number of Topliss-reactive ketones (excluding diaryl/α,β-unsaturated/α-hetero) is 1. The highest BCUT2D eigenvalue weighted by atomic mass is 35.5. The van der Waals surface area contributed by atoms with Crippen LogP contribution in [0.25, 0.3) is 0 Å². The van der Waals surface area contributed by atoms with E-state index in [1.807, 2.05) is 0 Å². The summed E-state index contributed by atoms with van der Waals surface area (Å²) >= 11 is 6.46. The summed E-state index contributed by atoms with van der Waals surface area (Å²) in [5.41, 5.74) is 2.93. The van der Waals surface area contributed by atoms with Crippen molar-refractivity contribution in [3.05, 3.63) is 35.5 Å². The molecule has 1 saturated heterocycles. The molecule has 3 rings (SSSR count). The molecular weight excluding hydrogens is 476 g/mol. The summed E-state index contributed by atoms with van der Waals surface area (Å²) in [5, 5.41) is 19.5. The summed E-state index contributed by atoms with van der Waals surface area (Å²) in [4.78, 5) is 45.3. The zero-order valence-electron chi connectivity index (χ0n) is 20.0. The van der Waals surface area contributed by atoms with E-state index in [-0.39, 0.29) is 36.5 Å². The van der Waals surface area contributed by atoms with E-state index in [0.29, 0.717) is 25.9 Å². The van der Waals surface area contributed by atoms with E-state index in [1.165, 1.54) is 0 Å². The minimum atomic E-state index is -1.14. The van der Waals surface area contributed by atoms with Crippen molar-refractivity contribution in [1.82, 2.24) is 10.4 Å². The maximum atomic E-state index is 12.9. The zero-order chi connectivity index (χ0) is 25.4.